The molecule has 0 aliphatic heterocycles. The van der Waals surface area contributed by atoms with Gasteiger partial charge in [-0.1, -0.05) is 5.21 Å². The van der Waals surface area contributed by atoms with E-state index in [2.05, 4.69) is 31.0 Å². The molecule has 0 saturated carbocycles. The zero-order chi connectivity index (χ0) is 13.1. The summed E-state index contributed by atoms with van der Waals surface area (Å²) in [5.74, 6) is -0.465. The van der Waals surface area contributed by atoms with Crippen molar-refractivity contribution in [2.24, 2.45) is 12.8 Å². The summed E-state index contributed by atoms with van der Waals surface area (Å²) in [7, 11) is -2.22. The molecule has 10 heteroatoms. The van der Waals surface area contributed by atoms with Crippen molar-refractivity contribution < 1.29 is 13.2 Å². The summed E-state index contributed by atoms with van der Waals surface area (Å²) in [6.45, 7) is 0.128. The van der Waals surface area contributed by atoms with Crippen molar-refractivity contribution in [2.75, 3.05) is 6.54 Å². The highest BCUT2D eigenvalue weighted by molar-refractivity contribution is 9.10. The molecule has 1 aromatic rings. The molecule has 0 unspecified atom stereocenters. The molecule has 0 bridgehead atoms. The second kappa shape index (κ2) is 5.56. The van der Waals surface area contributed by atoms with Crippen molar-refractivity contribution in [1.29, 1.82) is 0 Å². The van der Waals surface area contributed by atoms with E-state index in [0.717, 1.165) is 4.68 Å². The lowest BCUT2D eigenvalue weighted by molar-refractivity contribution is -0.118. The molecule has 0 aliphatic carbocycles. The lowest BCUT2D eigenvalue weighted by Crippen LogP contribution is -2.27. The van der Waals surface area contributed by atoms with Crippen LogP contribution in [0, 0.1) is 0 Å². The Morgan fingerprint density at radius 2 is 2.24 bits per heavy atom. The molecule has 0 aromatic carbocycles. The summed E-state index contributed by atoms with van der Waals surface area (Å²) in [5, 5.41) is 7.08. The van der Waals surface area contributed by atoms with Gasteiger partial charge in [-0.15, -0.1) is 5.10 Å². The van der Waals surface area contributed by atoms with Gasteiger partial charge in [0.25, 0.3) is 10.0 Å². The Balaban J connectivity index is 2.67. The van der Waals surface area contributed by atoms with Crippen molar-refractivity contribution >= 4 is 31.9 Å². The zero-order valence-electron chi connectivity index (χ0n) is 9.05. The summed E-state index contributed by atoms with van der Waals surface area (Å²) < 4.78 is 27.3. The highest BCUT2D eigenvalue weighted by Gasteiger charge is 2.23. The largest absolute Gasteiger partial charge is 0.370 e. The molecule has 8 nitrogen and oxygen atoms in total. The number of nitrogens with zero attached hydrogens (tertiary/aromatic N) is 3. The Morgan fingerprint density at radius 3 is 2.71 bits per heavy atom. The van der Waals surface area contributed by atoms with Gasteiger partial charge in [-0.3, -0.25) is 4.79 Å². The molecule has 0 saturated heterocycles. The molecule has 17 heavy (non-hydrogen) atoms. The molecule has 3 N–H and O–H groups in total. The molecule has 1 rings (SSSR count). The van der Waals surface area contributed by atoms with Crippen LogP contribution in [0.25, 0.3) is 0 Å². The second-order valence-electron chi connectivity index (χ2n) is 3.28. The fourth-order valence-electron chi connectivity index (χ4n) is 1.15. The molecule has 1 heterocycles. The number of primary amides is 1. The lowest BCUT2D eigenvalue weighted by Gasteiger charge is -2.05. The monoisotopic (exact) mass is 325 g/mol. The summed E-state index contributed by atoms with van der Waals surface area (Å²) in [6, 6.07) is 0. The number of carbonyl (C=O) groups excluding carboxylic acids is 1. The minimum atomic E-state index is -3.69. The van der Waals surface area contributed by atoms with Crippen LogP contribution in [0.15, 0.2) is 9.63 Å². The number of amides is 1. The number of hydrogen-bond acceptors (Lipinski definition) is 5. The van der Waals surface area contributed by atoms with Gasteiger partial charge in [-0.05, 0) is 22.4 Å². The first-order chi connectivity index (χ1) is 7.84. The summed E-state index contributed by atoms with van der Waals surface area (Å²) in [5.41, 5.74) is 4.94. The number of aryl methyl sites for hydroxylation is 1. The Kier molecular flexibility index (Phi) is 4.60. The van der Waals surface area contributed by atoms with Crippen LogP contribution in [-0.4, -0.2) is 35.9 Å². The van der Waals surface area contributed by atoms with Crippen molar-refractivity contribution in [1.82, 2.24) is 19.7 Å². The fourth-order valence-corrected chi connectivity index (χ4v) is 3.31. The van der Waals surface area contributed by atoms with Gasteiger partial charge >= 0.3 is 0 Å². The van der Waals surface area contributed by atoms with Gasteiger partial charge in [0.1, 0.15) is 0 Å². The summed E-state index contributed by atoms with van der Waals surface area (Å²) in [6.07, 6.45) is 0.477. The average molecular weight is 326 g/mol. The maximum Gasteiger partial charge on any atom is 0.260 e. The van der Waals surface area contributed by atoms with Gasteiger partial charge in [0, 0.05) is 20.0 Å². The van der Waals surface area contributed by atoms with E-state index in [1.54, 1.807) is 0 Å². The molecule has 1 amide bonds. The molecule has 96 valence electrons. The van der Waals surface area contributed by atoms with Crippen LogP contribution < -0.4 is 10.5 Å². The Hall–Kier alpha value is -1.00. The van der Waals surface area contributed by atoms with E-state index < -0.39 is 15.9 Å². The van der Waals surface area contributed by atoms with Gasteiger partial charge in [-0.2, -0.15) is 0 Å². The van der Waals surface area contributed by atoms with E-state index in [1.807, 2.05) is 0 Å². The number of aromatic nitrogens is 3. The van der Waals surface area contributed by atoms with Crippen molar-refractivity contribution in [3.63, 3.8) is 0 Å². The van der Waals surface area contributed by atoms with E-state index in [-0.39, 0.29) is 22.6 Å². The number of nitrogens with one attached hydrogen (secondary N) is 1. The minimum absolute atomic E-state index is 0.0587. The van der Waals surface area contributed by atoms with E-state index in [4.69, 9.17) is 5.73 Å². The third-order valence-corrected chi connectivity index (χ3v) is 4.23. The van der Waals surface area contributed by atoms with Gasteiger partial charge in [-0.25, -0.2) is 17.8 Å². The molecule has 0 fully saturated rings. The van der Waals surface area contributed by atoms with E-state index in [0.29, 0.717) is 6.42 Å². The van der Waals surface area contributed by atoms with E-state index in [1.165, 1.54) is 7.05 Å². The normalized spacial score (nSPS) is 11.6. The molecule has 0 radical (unpaired) electrons. The summed E-state index contributed by atoms with van der Waals surface area (Å²) >= 11 is 3.00. The van der Waals surface area contributed by atoms with Crippen LogP contribution in [0.5, 0.6) is 0 Å². The van der Waals surface area contributed by atoms with Gasteiger partial charge in [0.05, 0.1) is 0 Å². The predicted octanol–water partition coefficient (Wildman–Crippen LogP) is -0.879. The van der Waals surface area contributed by atoms with Crippen LogP contribution in [0.1, 0.15) is 12.8 Å². The first kappa shape index (κ1) is 14.1. The van der Waals surface area contributed by atoms with Crippen LogP contribution in [0.4, 0.5) is 0 Å². The molecular formula is C7H12BrN5O3S. The lowest BCUT2D eigenvalue weighted by atomic mass is 10.3. The number of nitrogens with two attached hydrogens (primary N) is 1. The molecular weight excluding hydrogens is 314 g/mol. The first-order valence-corrected chi connectivity index (χ1v) is 6.95. The van der Waals surface area contributed by atoms with Gasteiger partial charge < -0.3 is 5.73 Å². The van der Waals surface area contributed by atoms with Crippen LogP contribution >= 0.6 is 15.9 Å². The van der Waals surface area contributed by atoms with Crippen LogP contribution in [0.2, 0.25) is 0 Å². The SMILES string of the molecule is Cn1nnc(Br)c1S(=O)(=O)NCCCC(N)=O. The third-order valence-electron chi connectivity index (χ3n) is 1.88. The van der Waals surface area contributed by atoms with Crippen LogP contribution in [-0.2, 0) is 21.9 Å². The van der Waals surface area contributed by atoms with Gasteiger partial charge in [0.15, 0.2) is 4.60 Å². The van der Waals surface area contributed by atoms with E-state index >= 15 is 0 Å². The highest BCUT2D eigenvalue weighted by atomic mass is 79.9. The van der Waals surface area contributed by atoms with Crippen molar-refractivity contribution in [3.8, 4) is 0 Å². The Labute approximate surface area is 107 Å². The third kappa shape index (κ3) is 3.75. The number of hydrogen-bond donors (Lipinski definition) is 2. The smallest absolute Gasteiger partial charge is 0.260 e. The first-order valence-electron chi connectivity index (χ1n) is 4.67. The number of carbonyl (C=O) groups is 1. The molecule has 0 spiro atoms. The molecule has 1 aromatic heterocycles. The topological polar surface area (TPSA) is 120 Å². The van der Waals surface area contributed by atoms with Crippen molar-refractivity contribution in [3.05, 3.63) is 4.60 Å². The molecule has 0 atom stereocenters. The quantitative estimate of drug-likeness (QED) is 0.658. The number of halogens is 1. The second-order valence-corrected chi connectivity index (χ2v) is 5.71. The highest BCUT2D eigenvalue weighted by Crippen LogP contribution is 2.17. The molecule has 0 aliphatic rings. The van der Waals surface area contributed by atoms with Gasteiger partial charge in [0.2, 0.25) is 10.9 Å². The Bertz CT molecular complexity index is 492. The maximum absolute atomic E-state index is 11.8. The van der Waals surface area contributed by atoms with E-state index in [9.17, 15) is 13.2 Å². The zero-order valence-corrected chi connectivity index (χ0v) is 11.5. The maximum atomic E-state index is 11.8. The standard InChI is InChI=1S/C7H12BrN5O3S/c1-13-7(6(8)11-12-13)17(15,16)10-4-2-3-5(9)14/h10H,2-4H2,1H3,(H2,9,14). The number of rotatable bonds is 6. The Morgan fingerprint density at radius 1 is 1.59 bits per heavy atom. The minimum Gasteiger partial charge on any atom is -0.370 e. The number of sulfonamides is 1. The van der Waals surface area contributed by atoms with Crippen LogP contribution in [0.3, 0.4) is 0 Å². The van der Waals surface area contributed by atoms with Crippen molar-refractivity contribution in [2.45, 2.75) is 17.9 Å². The average Bonchev–Trinajstić information content (AvgIpc) is 2.53. The predicted molar refractivity (Wildman–Crippen MR) is 62.3 cm³/mol. The fraction of sp³-hybridized carbons (Fsp3) is 0.571. The summed E-state index contributed by atoms with van der Waals surface area (Å²) in [4.78, 5) is 10.5.